The summed E-state index contributed by atoms with van der Waals surface area (Å²) in [6, 6.07) is 0. The Kier molecular flexibility index (Phi) is 10.7. The normalized spacial score (nSPS) is 11.7. The van der Waals surface area contributed by atoms with Crippen molar-refractivity contribution in [2.75, 3.05) is 5.75 Å². The summed E-state index contributed by atoms with van der Waals surface area (Å²) in [6.45, 7) is 8.26. The molecule has 13 heavy (non-hydrogen) atoms. The molecule has 0 aliphatic heterocycles. The fraction of sp³-hybridized carbons (Fsp3) is 0.636. The molecule has 0 aromatic carbocycles. The van der Waals surface area contributed by atoms with Gasteiger partial charge in [0, 0.05) is 0 Å². The van der Waals surface area contributed by atoms with Crippen molar-refractivity contribution in [2.24, 2.45) is 0 Å². The molecule has 0 nitrogen and oxygen atoms in total. The van der Waals surface area contributed by atoms with Gasteiger partial charge in [-0.05, 0) is 0 Å². The molecule has 0 radical (unpaired) electrons. The van der Waals surface area contributed by atoms with Gasteiger partial charge in [-0.2, -0.15) is 0 Å². The molecule has 0 aromatic heterocycles. The van der Waals surface area contributed by atoms with Crippen molar-refractivity contribution in [2.45, 2.75) is 38.4 Å². The van der Waals surface area contributed by atoms with Crippen LogP contribution in [-0.2, 0) is 0 Å². The molecule has 0 fully saturated rings. The van der Waals surface area contributed by atoms with E-state index >= 15 is 0 Å². The number of unbranched alkanes of at least 4 members (excludes halogenated alkanes) is 1. The molecule has 2 heteroatoms. The Morgan fingerprint density at radius 3 is 2.77 bits per heavy atom. The van der Waals surface area contributed by atoms with E-state index in [0.717, 1.165) is 6.42 Å². The van der Waals surface area contributed by atoms with Crippen LogP contribution in [0.1, 0.15) is 33.1 Å². The molecule has 0 bridgehead atoms. The molecule has 0 heterocycles. The number of thioether (sulfide) groups is 1. The van der Waals surface area contributed by atoms with Crippen LogP contribution >= 0.6 is 11.8 Å². The van der Waals surface area contributed by atoms with Crippen LogP contribution in [0.2, 0.25) is 5.32 Å². The van der Waals surface area contributed by atoms with Gasteiger partial charge < -0.3 is 0 Å². The maximum atomic E-state index is 3.74. The quantitative estimate of drug-likeness (QED) is 0.361. The van der Waals surface area contributed by atoms with Gasteiger partial charge in [0.15, 0.2) is 0 Å². The Hall–Kier alpha value is 0.349. The zero-order valence-corrected chi connectivity index (χ0v) is 11.2. The molecule has 0 saturated heterocycles. The minimum atomic E-state index is 0.710. The van der Waals surface area contributed by atoms with Crippen LogP contribution in [-0.4, -0.2) is 20.7 Å². The summed E-state index contributed by atoms with van der Waals surface area (Å²) >= 11 is 2.76. The second kappa shape index (κ2) is 10.4. The van der Waals surface area contributed by atoms with Gasteiger partial charge in [0.05, 0.1) is 0 Å². The van der Waals surface area contributed by atoms with E-state index in [1.165, 1.54) is 23.9 Å². The third-order valence-electron chi connectivity index (χ3n) is 1.48. The molecule has 0 rings (SSSR count). The molecule has 0 saturated carbocycles. The number of rotatable bonds is 8. The number of hydrogen-bond donors (Lipinski definition) is 0. The molecule has 0 aliphatic rings. The third-order valence-corrected chi connectivity index (χ3v) is 5.33. The van der Waals surface area contributed by atoms with E-state index in [4.69, 9.17) is 0 Å². The fourth-order valence-electron chi connectivity index (χ4n) is 0.798. The standard InChI is InChI=1S/C11H20SSe/c1-4-7-9-11(13-6-3)12-10-8-5-2/h4,9H,1,5-8,10H2,2-3H3/b11-9+. The van der Waals surface area contributed by atoms with Gasteiger partial charge in [-0.15, -0.1) is 0 Å². The molecule has 0 unspecified atom stereocenters. The van der Waals surface area contributed by atoms with Crippen molar-refractivity contribution in [1.29, 1.82) is 0 Å². The Bertz CT molecular complexity index is 152. The van der Waals surface area contributed by atoms with Gasteiger partial charge in [-0.3, -0.25) is 0 Å². The molecule has 0 aliphatic carbocycles. The Labute approximate surface area is 93.4 Å². The van der Waals surface area contributed by atoms with Crippen LogP contribution in [0.4, 0.5) is 0 Å². The van der Waals surface area contributed by atoms with E-state index in [-0.39, 0.29) is 0 Å². The predicted molar refractivity (Wildman–Crippen MR) is 66.5 cm³/mol. The van der Waals surface area contributed by atoms with Gasteiger partial charge in [-0.25, -0.2) is 0 Å². The molecule has 0 atom stereocenters. The van der Waals surface area contributed by atoms with E-state index in [0.29, 0.717) is 15.0 Å². The topological polar surface area (TPSA) is 0 Å². The van der Waals surface area contributed by atoms with Crippen LogP contribution in [0.15, 0.2) is 22.5 Å². The predicted octanol–water partition coefficient (Wildman–Crippen LogP) is 4.08. The average Bonchev–Trinajstić information content (AvgIpc) is 2.14. The molecular formula is C11H20SSe. The Balaban J connectivity index is 3.71. The Morgan fingerprint density at radius 1 is 1.46 bits per heavy atom. The first-order chi connectivity index (χ1) is 6.35. The minimum absolute atomic E-state index is 0.710. The summed E-state index contributed by atoms with van der Waals surface area (Å²) in [5.74, 6) is 1.29. The summed E-state index contributed by atoms with van der Waals surface area (Å²) in [5, 5.41) is 1.31. The zero-order valence-electron chi connectivity index (χ0n) is 8.71. The van der Waals surface area contributed by atoms with Crippen molar-refractivity contribution >= 4 is 26.7 Å². The second-order valence-electron chi connectivity index (χ2n) is 2.68. The summed E-state index contributed by atoms with van der Waals surface area (Å²) in [6.07, 6.45) is 8.01. The molecular weight excluding hydrogens is 243 g/mol. The van der Waals surface area contributed by atoms with Crippen LogP contribution in [0.25, 0.3) is 0 Å². The Morgan fingerprint density at radius 2 is 2.23 bits per heavy atom. The molecule has 0 spiro atoms. The van der Waals surface area contributed by atoms with Gasteiger partial charge >= 0.3 is 93.4 Å². The molecule has 0 N–H and O–H groups in total. The number of hydrogen-bond acceptors (Lipinski definition) is 1. The van der Waals surface area contributed by atoms with Gasteiger partial charge in [0.25, 0.3) is 0 Å². The van der Waals surface area contributed by atoms with Crippen LogP contribution in [0, 0.1) is 0 Å². The fourth-order valence-corrected chi connectivity index (χ4v) is 4.44. The maximum absolute atomic E-state index is 3.74. The average molecular weight is 263 g/mol. The van der Waals surface area contributed by atoms with Crippen LogP contribution < -0.4 is 0 Å². The van der Waals surface area contributed by atoms with E-state index in [2.05, 4.69) is 38.3 Å². The summed E-state index contributed by atoms with van der Waals surface area (Å²) in [5.41, 5.74) is 0. The van der Waals surface area contributed by atoms with Crippen molar-refractivity contribution in [3.05, 3.63) is 22.5 Å². The molecule has 0 amide bonds. The van der Waals surface area contributed by atoms with E-state index in [1.807, 2.05) is 6.08 Å². The van der Waals surface area contributed by atoms with Gasteiger partial charge in [0.2, 0.25) is 0 Å². The second-order valence-corrected chi connectivity index (χ2v) is 7.14. The summed E-state index contributed by atoms with van der Waals surface area (Å²) < 4.78 is 1.61. The first kappa shape index (κ1) is 13.3. The molecule has 76 valence electrons. The first-order valence-corrected chi connectivity index (χ1v) is 7.97. The van der Waals surface area contributed by atoms with Crippen molar-refractivity contribution < 1.29 is 0 Å². The summed E-state index contributed by atoms with van der Waals surface area (Å²) in [7, 11) is 0. The SMILES string of the molecule is C=CC/C=C(\SCCCC)[Se]CC. The zero-order chi connectivity index (χ0) is 9.94. The first-order valence-electron chi connectivity index (χ1n) is 4.91. The van der Waals surface area contributed by atoms with E-state index in [9.17, 15) is 0 Å². The third kappa shape index (κ3) is 8.67. The monoisotopic (exact) mass is 264 g/mol. The van der Waals surface area contributed by atoms with Crippen molar-refractivity contribution in [3.63, 3.8) is 0 Å². The van der Waals surface area contributed by atoms with Crippen LogP contribution in [0.3, 0.4) is 0 Å². The van der Waals surface area contributed by atoms with Crippen LogP contribution in [0.5, 0.6) is 0 Å². The molecule has 0 aromatic rings. The van der Waals surface area contributed by atoms with Crippen molar-refractivity contribution in [3.8, 4) is 0 Å². The van der Waals surface area contributed by atoms with Gasteiger partial charge in [0.1, 0.15) is 0 Å². The summed E-state index contributed by atoms with van der Waals surface area (Å²) in [4.78, 5) is 0. The van der Waals surface area contributed by atoms with E-state index in [1.54, 1.807) is 3.80 Å². The van der Waals surface area contributed by atoms with Crippen molar-refractivity contribution in [1.82, 2.24) is 0 Å². The van der Waals surface area contributed by atoms with Gasteiger partial charge in [-0.1, -0.05) is 0 Å². The van der Waals surface area contributed by atoms with E-state index < -0.39 is 0 Å². The number of allylic oxidation sites excluding steroid dienone is 2.